The summed E-state index contributed by atoms with van der Waals surface area (Å²) in [4.78, 5) is 2.65. The van der Waals surface area contributed by atoms with Gasteiger partial charge in [-0.15, -0.1) is 0 Å². The molecule has 1 aliphatic heterocycles. The summed E-state index contributed by atoms with van der Waals surface area (Å²) in [5.41, 5.74) is 10.0. The quantitative estimate of drug-likeness (QED) is 0.124. The average molecular weight is 663 g/mol. The fraction of sp³-hybridized carbons (Fsp3) is 0.0833. The van der Waals surface area contributed by atoms with Crippen molar-refractivity contribution in [2.75, 3.05) is 0 Å². The van der Waals surface area contributed by atoms with Gasteiger partial charge in [-0.25, -0.2) is 0 Å². The molecule has 242 valence electrons. The van der Waals surface area contributed by atoms with Gasteiger partial charge < -0.3 is 4.42 Å². The van der Waals surface area contributed by atoms with Crippen LogP contribution in [0.25, 0.3) is 65.4 Å². The molecule has 0 radical (unpaired) electrons. The molecule has 0 bridgehead atoms. The van der Waals surface area contributed by atoms with Crippen LogP contribution in [0.4, 0.5) is 0 Å². The first-order chi connectivity index (χ1) is 24.4. The minimum atomic E-state index is 0.933. The van der Waals surface area contributed by atoms with Gasteiger partial charge in [-0.1, -0.05) is 134 Å². The van der Waals surface area contributed by atoms with Gasteiger partial charge in [-0.3, -0.25) is 0 Å². The molecule has 1 aromatic heterocycles. The van der Waals surface area contributed by atoms with E-state index in [9.17, 15) is 0 Å². The Bertz CT molecular complexity index is 2650. The van der Waals surface area contributed by atoms with Gasteiger partial charge in [0.15, 0.2) is 0 Å². The summed E-state index contributed by atoms with van der Waals surface area (Å²) in [6, 6.07) is 34.8. The molecule has 0 saturated heterocycles. The molecule has 2 heterocycles. The topological polar surface area (TPSA) is 13.1 Å². The molecule has 0 amide bonds. The van der Waals surface area contributed by atoms with Gasteiger partial charge in [0.25, 0.3) is 0 Å². The minimum Gasteiger partial charge on any atom is -0.456 e. The summed E-state index contributed by atoms with van der Waals surface area (Å²) in [7, 11) is 0. The number of hydrogen-bond acceptors (Lipinski definition) is 2. The van der Waals surface area contributed by atoms with Gasteiger partial charge in [0.1, 0.15) is 11.2 Å². The lowest BCUT2D eigenvalue weighted by Gasteiger charge is -2.17. The van der Waals surface area contributed by atoms with E-state index in [-0.39, 0.29) is 0 Å². The van der Waals surface area contributed by atoms with E-state index < -0.39 is 0 Å². The molecule has 8 rings (SSSR count). The Labute approximate surface area is 298 Å². The largest absolute Gasteiger partial charge is 0.456 e. The van der Waals surface area contributed by atoms with E-state index in [1.807, 2.05) is 23.9 Å². The first-order valence-electron chi connectivity index (χ1n) is 17.1. The third-order valence-electron chi connectivity index (χ3n) is 9.82. The van der Waals surface area contributed by atoms with Crippen molar-refractivity contribution in [2.24, 2.45) is 0 Å². The molecule has 0 aliphatic carbocycles. The number of hydrogen-bond donors (Lipinski definition) is 0. The summed E-state index contributed by atoms with van der Waals surface area (Å²) >= 11 is 1.86. The Balaban J connectivity index is 1.05. The predicted octanol–water partition coefficient (Wildman–Crippen LogP) is 14.3. The van der Waals surface area contributed by atoms with E-state index >= 15 is 0 Å². The summed E-state index contributed by atoms with van der Waals surface area (Å²) < 4.78 is 6.16. The van der Waals surface area contributed by atoms with E-state index in [4.69, 9.17) is 4.42 Å². The maximum atomic E-state index is 6.16. The third kappa shape index (κ3) is 5.66. The maximum absolute atomic E-state index is 6.16. The highest BCUT2D eigenvalue weighted by molar-refractivity contribution is 8.03. The van der Waals surface area contributed by atoms with Crippen molar-refractivity contribution < 1.29 is 4.42 Å². The molecule has 1 aliphatic rings. The number of thioether (sulfide) groups is 1. The van der Waals surface area contributed by atoms with Crippen molar-refractivity contribution in [1.29, 1.82) is 0 Å². The van der Waals surface area contributed by atoms with Crippen molar-refractivity contribution in [3.63, 3.8) is 0 Å². The van der Waals surface area contributed by atoms with E-state index in [1.165, 1.54) is 75.2 Å². The van der Waals surface area contributed by atoms with Gasteiger partial charge >= 0.3 is 0 Å². The Kier molecular flexibility index (Phi) is 8.26. The van der Waals surface area contributed by atoms with Gasteiger partial charge in [-0.2, -0.15) is 0 Å². The van der Waals surface area contributed by atoms with Crippen molar-refractivity contribution in [3.8, 4) is 0 Å². The average Bonchev–Trinajstić information content (AvgIpc) is 3.71. The van der Waals surface area contributed by atoms with E-state index in [0.29, 0.717) is 0 Å². The van der Waals surface area contributed by atoms with Crippen LogP contribution in [-0.2, 0) is 6.42 Å². The molecule has 0 fully saturated rings. The van der Waals surface area contributed by atoms with E-state index in [1.54, 1.807) is 0 Å². The monoisotopic (exact) mass is 662 g/mol. The molecule has 0 saturated carbocycles. The smallest absolute Gasteiger partial charge is 0.136 e. The van der Waals surface area contributed by atoms with Crippen LogP contribution in [-0.4, -0.2) is 0 Å². The second kappa shape index (κ2) is 13.0. The van der Waals surface area contributed by atoms with Crippen LogP contribution in [0.5, 0.6) is 0 Å². The fourth-order valence-electron chi connectivity index (χ4n) is 7.20. The summed E-state index contributed by atoms with van der Waals surface area (Å²) in [6.45, 7) is 15.4. The van der Waals surface area contributed by atoms with Gasteiger partial charge in [0, 0.05) is 22.1 Å². The number of furan rings is 1. The Morgan fingerprint density at radius 1 is 0.680 bits per heavy atom. The zero-order valence-corrected chi connectivity index (χ0v) is 29.5. The summed E-state index contributed by atoms with van der Waals surface area (Å²) in [6.07, 6.45) is 16.0. The highest BCUT2D eigenvalue weighted by Crippen LogP contribution is 2.44. The summed E-state index contributed by atoms with van der Waals surface area (Å²) in [5, 5.41) is 9.70. The Morgan fingerprint density at radius 2 is 1.32 bits per heavy atom. The van der Waals surface area contributed by atoms with Crippen molar-refractivity contribution in [2.45, 2.75) is 32.1 Å². The molecule has 0 spiro atoms. The molecule has 0 unspecified atom stereocenters. The lowest BCUT2D eigenvalue weighted by Crippen LogP contribution is -1.93. The number of para-hydroxylation sites is 1. The fourth-order valence-corrected chi connectivity index (χ4v) is 8.30. The molecule has 2 heteroatoms. The van der Waals surface area contributed by atoms with Crippen molar-refractivity contribution in [3.05, 3.63) is 185 Å². The van der Waals surface area contributed by atoms with Crippen LogP contribution >= 0.6 is 11.8 Å². The van der Waals surface area contributed by atoms with Gasteiger partial charge in [0.2, 0.25) is 0 Å². The second-order valence-corrected chi connectivity index (χ2v) is 14.3. The van der Waals surface area contributed by atoms with Crippen LogP contribution in [0.15, 0.2) is 178 Å². The highest BCUT2D eigenvalue weighted by atomic mass is 32.2. The van der Waals surface area contributed by atoms with Crippen molar-refractivity contribution in [1.82, 2.24) is 0 Å². The van der Waals surface area contributed by atoms with E-state index in [0.717, 1.165) is 34.3 Å². The summed E-state index contributed by atoms with van der Waals surface area (Å²) in [5.74, 6) is 0. The molecule has 7 aromatic rings. The standard InChI is InChI=1S/C48H38OS/c1-6-7-14-32(4)47-39-16-8-10-18-41(39)48(42-19-11-9-17-40(42)47)33(5)22-21-30(2)31(3)23-24-37-26-36-25-34-27-43-38-15-12-13-20-44(38)49-45(43)28-35(34)29-46(36)50-37/h6-25,27-29H,2,5,26H2,1,3-4H3/b7-6-,22-21-,31-23+,32-14+,37-24+. The molecular formula is C48H38OS. The molecule has 0 N–H and O–H groups in total. The highest BCUT2D eigenvalue weighted by Gasteiger charge is 2.19. The second-order valence-electron chi connectivity index (χ2n) is 13.1. The number of benzene rings is 6. The first-order valence-corrected chi connectivity index (χ1v) is 17.9. The zero-order valence-electron chi connectivity index (χ0n) is 28.7. The molecule has 0 atom stereocenters. The molecule has 1 nitrogen and oxygen atoms in total. The number of fused-ring (bicyclic) bond motifs is 7. The minimum absolute atomic E-state index is 0.933. The SMILES string of the molecule is C=C(/C=C\C(=C)c1c2ccccc2c(/C(C)=C/C=C\C)c2ccccc12)/C(C)=C/C=C1\Cc2cc3cc4c(cc3cc2S1)oc1ccccc14. The van der Waals surface area contributed by atoms with Crippen LogP contribution in [0, 0.1) is 0 Å². The predicted molar refractivity (Wildman–Crippen MR) is 220 cm³/mol. The Morgan fingerprint density at radius 3 is 2.02 bits per heavy atom. The van der Waals surface area contributed by atoms with Crippen molar-refractivity contribution >= 4 is 77.2 Å². The molecular weight excluding hydrogens is 625 g/mol. The number of allylic oxidation sites excluding steroid dienone is 12. The van der Waals surface area contributed by atoms with Gasteiger partial charge in [0.05, 0.1) is 0 Å². The van der Waals surface area contributed by atoms with Crippen LogP contribution in [0.1, 0.15) is 37.5 Å². The third-order valence-corrected chi connectivity index (χ3v) is 11.0. The zero-order chi connectivity index (χ0) is 34.4. The molecule has 50 heavy (non-hydrogen) atoms. The van der Waals surface area contributed by atoms with Crippen LogP contribution in [0.3, 0.4) is 0 Å². The molecule has 6 aromatic carbocycles. The van der Waals surface area contributed by atoms with Crippen LogP contribution in [0.2, 0.25) is 0 Å². The first kappa shape index (κ1) is 31.7. The lowest BCUT2D eigenvalue weighted by molar-refractivity contribution is 0.669. The van der Waals surface area contributed by atoms with Gasteiger partial charge in [-0.05, 0) is 127 Å². The number of rotatable bonds is 7. The lowest BCUT2D eigenvalue weighted by atomic mass is 9.86. The Hall–Kier alpha value is -5.57. The van der Waals surface area contributed by atoms with Crippen LogP contribution < -0.4 is 0 Å². The maximum Gasteiger partial charge on any atom is 0.136 e. The normalized spacial score (nSPS) is 14.8. The van der Waals surface area contributed by atoms with E-state index in [2.05, 4.69) is 161 Å².